The van der Waals surface area contributed by atoms with Crippen molar-refractivity contribution in [2.75, 3.05) is 31.6 Å². The van der Waals surface area contributed by atoms with Crippen LogP contribution in [0.3, 0.4) is 0 Å². The van der Waals surface area contributed by atoms with Crippen LogP contribution in [0.1, 0.15) is 24.2 Å². The summed E-state index contributed by atoms with van der Waals surface area (Å²) in [7, 11) is 1.77. The van der Waals surface area contributed by atoms with Gasteiger partial charge in [-0.3, -0.25) is 4.99 Å². The first kappa shape index (κ1) is 22.5. The summed E-state index contributed by atoms with van der Waals surface area (Å²) < 4.78 is 5.58. The molecular weight excluding hydrogens is 511 g/mol. The summed E-state index contributed by atoms with van der Waals surface area (Å²) >= 11 is 1.74. The smallest absolute Gasteiger partial charge is 0.226 e. The van der Waals surface area contributed by atoms with Crippen molar-refractivity contribution in [3.63, 3.8) is 0 Å². The molecule has 1 aliphatic rings. The Kier molecular flexibility index (Phi) is 8.50. The van der Waals surface area contributed by atoms with Crippen molar-refractivity contribution in [1.82, 2.24) is 20.6 Å². The van der Waals surface area contributed by atoms with Crippen molar-refractivity contribution >= 4 is 46.4 Å². The molecule has 0 atom stereocenters. The topological polar surface area (TPSA) is 78.6 Å². The largest absolute Gasteiger partial charge is 0.444 e. The lowest BCUT2D eigenvalue weighted by Gasteiger charge is -2.12. The Morgan fingerprint density at radius 1 is 1.13 bits per heavy atom. The molecule has 160 valence electrons. The van der Waals surface area contributed by atoms with Gasteiger partial charge in [0.15, 0.2) is 11.1 Å². The van der Waals surface area contributed by atoms with E-state index in [0.717, 1.165) is 54.1 Å². The molecule has 2 aromatic heterocycles. The lowest BCUT2D eigenvalue weighted by molar-refractivity contribution is 0.572. The van der Waals surface area contributed by atoms with Crippen molar-refractivity contribution in [2.24, 2.45) is 4.99 Å². The van der Waals surface area contributed by atoms with Gasteiger partial charge in [-0.25, -0.2) is 9.97 Å². The monoisotopic (exact) mass is 538 g/mol. The minimum Gasteiger partial charge on any atom is -0.444 e. The summed E-state index contributed by atoms with van der Waals surface area (Å²) in [6.07, 6.45) is 5.10. The molecule has 1 aliphatic heterocycles. The molecule has 30 heavy (non-hydrogen) atoms. The second kappa shape index (κ2) is 11.3. The number of aliphatic imine (C=N–C) groups is 1. The van der Waals surface area contributed by atoms with Crippen LogP contribution < -0.4 is 15.5 Å². The molecule has 2 N–H and O–H groups in total. The Morgan fingerprint density at radius 3 is 2.70 bits per heavy atom. The number of thiazole rings is 1. The van der Waals surface area contributed by atoms with E-state index in [2.05, 4.69) is 30.9 Å². The van der Waals surface area contributed by atoms with E-state index in [4.69, 9.17) is 9.40 Å². The van der Waals surface area contributed by atoms with Gasteiger partial charge in [0.25, 0.3) is 0 Å². The highest BCUT2D eigenvalue weighted by Gasteiger charge is 2.15. The molecule has 0 radical (unpaired) electrons. The van der Waals surface area contributed by atoms with E-state index < -0.39 is 0 Å². The summed E-state index contributed by atoms with van der Waals surface area (Å²) in [4.78, 5) is 15.9. The number of oxazole rings is 1. The molecule has 3 aromatic rings. The van der Waals surface area contributed by atoms with Gasteiger partial charge in [-0.15, -0.1) is 35.3 Å². The maximum Gasteiger partial charge on any atom is 0.226 e. The van der Waals surface area contributed by atoms with E-state index in [9.17, 15) is 0 Å². The minimum absolute atomic E-state index is 0. The Bertz CT molecular complexity index is 936. The van der Waals surface area contributed by atoms with E-state index in [0.29, 0.717) is 12.4 Å². The molecule has 0 unspecified atom stereocenters. The maximum atomic E-state index is 5.58. The quantitative estimate of drug-likeness (QED) is 0.270. The molecule has 1 fully saturated rings. The average molecular weight is 538 g/mol. The number of nitrogens with zero attached hydrogens (tertiary/aromatic N) is 4. The first-order valence-electron chi connectivity index (χ1n) is 9.95. The fraction of sp³-hybridized carbons (Fsp3) is 0.381. The SMILES string of the molecule is CN=C(NCCc1csc(N2CCCC2)n1)NCc1coc(-c2ccccc2)n1.I. The minimum atomic E-state index is 0. The molecule has 0 aliphatic carbocycles. The van der Waals surface area contributed by atoms with Crippen LogP contribution in [0.25, 0.3) is 11.5 Å². The second-order valence-electron chi connectivity index (χ2n) is 6.93. The van der Waals surface area contributed by atoms with Gasteiger partial charge in [0.05, 0.1) is 17.9 Å². The summed E-state index contributed by atoms with van der Waals surface area (Å²) in [6, 6.07) is 9.89. The van der Waals surface area contributed by atoms with Gasteiger partial charge in [-0.1, -0.05) is 18.2 Å². The molecule has 0 saturated carbocycles. The van der Waals surface area contributed by atoms with E-state index >= 15 is 0 Å². The second-order valence-corrected chi connectivity index (χ2v) is 7.76. The number of aromatic nitrogens is 2. The molecular formula is C21H27IN6OS. The molecule has 7 nitrogen and oxygen atoms in total. The van der Waals surface area contributed by atoms with Gasteiger partial charge >= 0.3 is 0 Å². The summed E-state index contributed by atoms with van der Waals surface area (Å²) in [6.45, 7) is 3.59. The Balaban J connectivity index is 0.00000256. The first-order valence-corrected chi connectivity index (χ1v) is 10.8. The molecule has 3 heterocycles. The van der Waals surface area contributed by atoms with Gasteiger partial charge in [0, 0.05) is 44.0 Å². The van der Waals surface area contributed by atoms with Gasteiger partial charge in [-0.05, 0) is 25.0 Å². The molecule has 1 saturated heterocycles. The van der Waals surface area contributed by atoms with Crippen LogP contribution in [0.15, 0.2) is 51.4 Å². The zero-order valence-electron chi connectivity index (χ0n) is 17.0. The van der Waals surface area contributed by atoms with Crippen LogP contribution >= 0.6 is 35.3 Å². The highest BCUT2D eigenvalue weighted by Crippen LogP contribution is 2.24. The standard InChI is InChI=1S/C21H26N6OS.HI/c1-22-20(23-10-9-17-15-29-21(26-17)27-11-5-6-12-27)24-13-18-14-28-19(25-18)16-7-3-2-4-8-16;/h2-4,7-8,14-15H,5-6,9-13H2,1H3,(H2,22,23,24);1H. The Morgan fingerprint density at radius 2 is 1.93 bits per heavy atom. The Hall–Kier alpha value is -2.14. The predicted molar refractivity (Wildman–Crippen MR) is 133 cm³/mol. The summed E-state index contributed by atoms with van der Waals surface area (Å²) in [5, 5.41) is 9.93. The van der Waals surface area contributed by atoms with Crippen molar-refractivity contribution in [3.05, 3.63) is 53.4 Å². The number of benzene rings is 1. The van der Waals surface area contributed by atoms with Crippen LogP contribution in [0.2, 0.25) is 0 Å². The number of nitrogens with one attached hydrogen (secondary N) is 2. The van der Waals surface area contributed by atoms with Gasteiger partial charge in [0.1, 0.15) is 6.26 Å². The summed E-state index contributed by atoms with van der Waals surface area (Å²) in [5.74, 6) is 1.37. The zero-order valence-corrected chi connectivity index (χ0v) is 20.2. The van der Waals surface area contributed by atoms with Gasteiger partial charge in [-0.2, -0.15) is 0 Å². The number of halogens is 1. The number of hydrogen-bond donors (Lipinski definition) is 2. The third-order valence-electron chi connectivity index (χ3n) is 4.82. The van der Waals surface area contributed by atoms with Gasteiger partial charge in [0.2, 0.25) is 5.89 Å². The van der Waals surface area contributed by atoms with Crippen LogP contribution in [-0.4, -0.2) is 42.6 Å². The van der Waals surface area contributed by atoms with E-state index in [1.165, 1.54) is 12.8 Å². The fourth-order valence-corrected chi connectivity index (χ4v) is 4.18. The highest BCUT2D eigenvalue weighted by molar-refractivity contribution is 14.0. The zero-order chi connectivity index (χ0) is 19.9. The van der Waals surface area contributed by atoms with Crippen LogP contribution in [-0.2, 0) is 13.0 Å². The average Bonchev–Trinajstić information content (AvgIpc) is 3.53. The van der Waals surface area contributed by atoms with Crippen molar-refractivity contribution in [2.45, 2.75) is 25.8 Å². The van der Waals surface area contributed by atoms with Crippen molar-refractivity contribution < 1.29 is 4.42 Å². The molecule has 4 rings (SSSR count). The van der Waals surface area contributed by atoms with E-state index in [1.807, 2.05) is 30.3 Å². The lowest BCUT2D eigenvalue weighted by Crippen LogP contribution is -2.38. The number of hydrogen-bond acceptors (Lipinski definition) is 6. The molecule has 9 heteroatoms. The first-order chi connectivity index (χ1) is 14.3. The summed E-state index contributed by atoms with van der Waals surface area (Å²) in [5.41, 5.74) is 2.93. The van der Waals surface area contributed by atoms with E-state index in [-0.39, 0.29) is 24.0 Å². The van der Waals surface area contributed by atoms with Crippen LogP contribution in [0, 0.1) is 0 Å². The molecule has 0 spiro atoms. The molecule has 0 bridgehead atoms. The maximum absolute atomic E-state index is 5.58. The van der Waals surface area contributed by atoms with Crippen molar-refractivity contribution in [3.8, 4) is 11.5 Å². The number of rotatable bonds is 7. The molecule has 0 amide bonds. The highest BCUT2D eigenvalue weighted by atomic mass is 127. The normalized spacial score (nSPS) is 13.9. The van der Waals surface area contributed by atoms with Gasteiger partial charge < -0.3 is 20.0 Å². The fourth-order valence-electron chi connectivity index (χ4n) is 3.27. The van der Waals surface area contributed by atoms with Crippen LogP contribution in [0.4, 0.5) is 5.13 Å². The third-order valence-corrected chi connectivity index (χ3v) is 5.77. The predicted octanol–water partition coefficient (Wildman–Crippen LogP) is 3.92. The number of guanidine groups is 1. The Labute approximate surface area is 198 Å². The molecule has 1 aromatic carbocycles. The van der Waals surface area contributed by atoms with Crippen molar-refractivity contribution in [1.29, 1.82) is 0 Å². The third kappa shape index (κ3) is 5.94. The van der Waals surface area contributed by atoms with E-state index in [1.54, 1.807) is 24.6 Å². The van der Waals surface area contributed by atoms with Crippen LogP contribution in [0.5, 0.6) is 0 Å². The lowest BCUT2D eigenvalue weighted by atomic mass is 10.2. The number of anilines is 1.